The number of benzene rings is 2. The molecule has 3 aromatic rings. The van der Waals surface area contributed by atoms with Crippen molar-refractivity contribution in [2.75, 3.05) is 11.9 Å². The Hall–Kier alpha value is -2.36. The van der Waals surface area contributed by atoms with Gasteiger partial charge in [-0.1, -0.05) is 29.8 Å². The van der Waals surface area contributed by atoms with E-state index in [9.17, 15) is 0 Å². The molecule has 1 heterocycles. The van der Waals surface area contributed by atoms with Crippen LogP contribution in [0.25, 0.3) is 11.0 Å². The highest BCUT2D eigenvalue weighted by Gasteiger charge is 2.12. The van der Waals surface area contributed by atoms with Crippen LogP contribution in [0.2, 0.25) is 0 Å². The average molecular weight is 267 g/mol. The van der Waals surface area contributed by atoms with Crippen LogP contribution in [0.3, 0.4) is 0 Å². The van der Waals surface area contributed by atoms with Gasteiger partial charge in [0.2, 0.25) is 0 Å². The van der Waals surface area contributed by atoms with Gasteiger partial charge in [0, 0.05) is 13.6 Å². The van der Waals surface area contributed by atoms with Crippen molar-refractivity contribution in [1.82, 2.24) is 10.3 Å². The van der Waals surface area contributed by atoms with Crippen molar-refractivity contribution < 1.29 is 4.63 Å². The molecule has 0 saturated heterocycles. The van der Waals surface area contributed by atoms with Crippen LogP contribution >= 0.6 is 0 Å². The average Bonchev–Trinajstić information content (AvgIpc) is 2.88. The Bertz CT molecular complexity index is 731. The molecule has 0 unspecified atom stereocenters. The summed E-state index contributed by atoms with van der Waals surface area (Å²) in [6.07, 6.45) is 0. The van der Waals surface area contributed by atoms with Crippen LogP contribution in [0, 0.1) is 13.8 Å². The molecule has 4 heteroatoms. The van der Waals surface area contributed by atoms with Crippen LogP contribution in [-0.2, 0) is 6.54 Å². The molecule has 0 atom stereocenters. The summed E-state index contributed by atoms with van der Waals surface area (Å²) in [5.74, 6) is 0. The number of hydrogen-bond donors (Lipinski definition) is 0. The fourth-order valence-electron chi connectivity index (χ4n) is 2.35. The standard InChI is InChI=1S/C16H17N3O/c1-11-4-6-13(7-5-11)10-19(3)15-9-12(2)8-14-16(15)18-20-17-14/h4-9H,10H2,1-3H3. The number of hydrogen-bond acceptors (Lipinski definition) is 4. The number of aromatic nitrogens is 2. The first-order valence-electron chi connectivity index (χ1n) is 6.63. The maximum atomic E-state index is 4.85. The van der Waals surface area contributed by atoms with E-state index in [4.69, 9.17) is 4.63 Å². The maximum absolute atomic E-state index is 4.85. The van der Waals surface area contributed by atoms with Crippen LogP contribution < -0.4 is 4.90 Å². The third-order valence-electron chi connectivity index (χ3n) is 3.44. The topological polar surface area (TPSA) is 42.2 Å². The van der Waals surface area contributed by atoms with E-state index in [0.29, 0.717) is 0 Å². The molecule has 0 amide bonds. The van der Waals surface area contributed by atoms with Crippen molar-refractivity contribution >= 4 is 16.7 Å². The van der Waals surface area contributed by atoms with E-state index >= 15 is 0 Å². The highest BCUT2D eigenvalue weighted by atomic mass is 16.6. The van der Waals surface area contributed by atoms with Gasteiger partial charge in [0.15, 0.2) is 5.52 Å². The molecule has 0 radical (unpaired) electrons. The highest BCUT2D eigenvalue weighted by molar-refractivity contribution is 5.88. The monoisotopic (exact) mass is 267 g/mol. The van der Waals surface area contributed by atoms with Crippen LogP contribution in [-0.4, -0.2) is 17.4 Å². The van der Waals surface area contributed by atoms with E-state index in [1.165, 1.54) is 11.1 Å². The van der Waals surface area contributed by atoms with E-state index in [-0.39, 0.29) is 0 Å². The summed E-state index contributed by atoms with van der Waals surface area (Å²) in [6.45, 7) is 4.97. The molecule has 0 aliphatic carbocycles. The molecule has 3 rings (SSSR count). The SMILES string of the molecule is Cc1ccc(CN(C)c2cc(C)cc3nonc23)cc1. The lowest BCUT2D eigenvalue weighted by atomic mass is 10.1. The third-order valence-corrected chi connectivity index (χ3v) is 3.44. The Morgan fingerprint density at radius 1 is 1.00 bits per heavy atom. The summed E-state index contributed by atoms with van der Waals surface area (Å²) in [7, 11) is 2.06. The molecule has 4 nitrogen and oxygen atoms in total. The second kappa shape index (κ2) is 4.96. The van der Waals surface area contributed by atoms with Gasteiger partial charge in [0.1, 0.15) is 5.52 Å². The molecule has 0 fully saturated rings. The molecule has 20 heavy (non-hydrogen) atoms. The number of nitrogens with zero attached hydrogens (tertiary/aromatic N) is 3. The minimum atomic E-state index is 0.802. The summed E-state index contributed by atoms with van der Waals surface area (Å²) in [6, 6.07) is 12.7. The largest absolute Gasteiger partial charge is 0.368 e. The zero-order valence-corrected chi connectivity index (χ0v) is 11.9. The second-order valence-electron chi connectivity index (χ2n) is 5.26. The van der Waals surface area contributed by atoms with Crippen molar-refractivity contribution in [3.63, 3.8) is 0 Å². The minimum Gasteiger partial charge on any atom is -0.368 e. The first-order chi connectivity index (χ1) is 9.63. The van der Waals surface area contributed by atoms with Gasteiger partial charge in [-0.25, -0.2) is 4.63 Å². The van der Waals surface area contributed by atoms with Crippen LogP contribution in [0.4, 0.5) is 5.69 Å². The summed E-state index contributed by atoms with van der Waals surface area (Å²) in [4.78, 5) is 2.17. The third kappa shape index (κ3) is 2.37. The Balaban J connectivity index is 1.93. The molecular weight excluding hydrogens is 250 g/mol. The lowest BCUT2D eigenvalue weighted by Gasteiger charge is -2.20. The molecule has 102 valence electrons. The van der Waals surface area contributed by atoms with Gasteiger partial charge in [-0.15, -0.1) is 0 Å². The number of fused-ring (bicyclic) bond motifs is 1. The Kier molecular flexibility index (Phi) is 3.14. The fourth-order valence-corrected chi connectivity index (χ4v) is 2.35. The van der Waals surface area contributed by atoms with Gasteiger partial charge in [-0.3, -0.25) is 0 Å². The Morgan fingerprint density at radius 3 is 2.50 bits per heavy atom. The van der Waals surface area contributed by atoms with E-state index < -0.39 is 0 Å². The van der Waals surface area contributed by atoms with Crippen molar-refractivity contribution in [1.29, 1.82) is 0 Å². The normalized spacial score (nSPS) is 10.9. The predicted octanol–water partition coefficient (Wildman–Crippen LogP) is 3.48. The van der Waals surface area contributed by atoms with Crippen molar-refractivity contribution in [2.24, 2.45) is 0 Å². The number of rotatable bonds is 3. The highest BCUT2D eigenvalue weighted by Crippen LogP contribution is 2.26. The van der Waals surface area contributed by atoms with Crippen molar-refractivity contribution in [3.8, 4) is 0 Å². The van der Waals surface area contributed by atoms with Crippen molar-refractivity contribution in [2.45, 2.75) is 20.4 Å². The van der Waals surface area contributed by atoms with Crippen LogP contribution in [0.1, 0.15) is 16.7 Å². The lowest BCUT2D eigenvalue weighted by molar-refractivity contribution is 0.315. The molecule has 0 spiro atoms. The summed E-state index contributed by atoms with van der Waals surface area (Å²) in [5.41, 5.74) is 6.35. The zero-order valence-electron chi connectivity index (χ0n) is 11.9. The van der Waals surface area contributed by atoms with Crippen LogP contribution in [0.5, 0.6) is 0 Å². The van der Waals surface area contributed by atoms with E-state index in [1.54, 1.807) is 0 Å². The van der Waals surface area contributed by atoms with Gasteiger partial charge in [0.05, 0.1) is 5.69 Å². The fraction of sp³-hybridized carbons (Fsp3) is 0.250. The maximum Gasteiger partial charge on any atom is 0.158 e. The molecular formula is C16H17N3O. The molecule has 0 bridgehead atoms. The minimum absolute atomic E-state index is 0.802. The summed E-state index contributed by atoms with van der Waals surface area (Å²) >= 11 is 0. The van der Waals surface area contributed by atoms with E-state index in [0.717, 1.165) is 28.8 Å². The van der Waals surface area contributed by atoms with Crippen molar-refractivity contribution in [3.05, 3.63) is 53.1 Å². The second-order valence-corrected chi connectivity index (χ2v) is 5.26. The lowest BCUT2D eigenvalue weighted by Crippen LogP contribution is -2.16. The van der Waals surface area contributed by atoms with Gasteiger partial charge in [0.25, 0.3) is 0 Å². The smallest absolute Gasteiger partial charge is 0.158 e. The quantitative estimate of drug-likeness (QED) is 0.728. The molecule has 0 aliphatic heterocycles. The molecule has 0 saturated carbocycles. The first-order valence-corrected chi connectivity index (χ1v) is 6.63. The predicted molar refractivity (Wildman–Crippen MR) is 79.8 cm³/mol. The summed E-state index contributed by atoms with van der Waals surface area (Å²) in [5, 5.41) is 7.94. The van der Waals surface area contributed by atoms with E-state index in [2.05, 4.69) is 66.4 Å². The van der Waals surface area contributed by atoms with Gasteiger partial charge >= 0.3 is 0 Å². The van der Waals surface area contributed by atoms with Crippen LogP contribution in [0.15, 0.2) is 41.0 Å². The molecule has 0 aliphatic rings. The molecule has 1 aromatic heterocycles. The Morgan fingerprint density at radius 2 is 1.75 bits per heavy atom. The van der Waals surface area contributed by atoms with Gasteiger partial charge < -0.3 is 4.90 Å². The zero-order chi connectivity index (χ0) is 14.1. The number of anilines is 1. The first kappa shape index (κ1) is 12.7. The van der Waals surface area contributed by atoms with Gasteiger partial charge in [-0.05, 0) is 47.4 Å². The molecule has 2 aromatic carbocycles. The Labute approximate surface area is 118 Å². The number of aryl methyl sites for hydroxylation is 2. The van der Waals surface area contributed by atoms with Gasteiger partial charge in [-0.2, -0.15) is 0 Å². The van der Waals surface area contributed by atoms with E-state index in [1.807, 2.05) is 6.07 Å². The summed E-state index contributed by atoms with van der Waals surface area (Å²) < 4.78 is 4.85. The molecule has 0 N–H and O–H groups in total.